The van der Waals surface area contributed by atoms with Gasteiger partial charge in [0.25, 0.3) is 0 Å². The Morgan fingerprint density at radius 1 is 0.923 bits per heavy atom. The van der Waals surface area contributed by atoms with E-state index in [9.17, 15) is 14.4 Å². The van der Waals surface area contributed by atoms with Crippen molar-refractivity contribution < 1.29 is 19.5 Å². The van der Waals surface area contributed by atoms with Crippen LogP contribution in [-0.2, 0) is 14.4 Å². The Hall–Kier alpha value is -2.80. The Balaban J connectivity index is 1.78. The van der Waals surface area contributed by atoms with Crippen LogP contribution in [0.2, 0.25) is 0 Å². The van der Waals surface area contributed by atoms with Gasteiger partial charge in [0.05, 0.1) is 12.2 Å². The van der Waals surface area contributed by atoms with E-state index < -0.39 is 5.97 Å². The van der Waals surface area contributed by atoms with Crippen LogP contribution >= 0.6 is 11.8 Å². The average molecular weight is 372 g/mol. The van der Waals surface area contributed by atoms with Crippen LogP contribution in [-0.4, -0.2) is 28.6 Å². The number of anilines is 2. The lowest BCUT2D eigenvalue weighted by Gasteiger charge is -2.07. The molecule has 2 aromatic carbocycles. The lowest BCUT2D eigenvalue weighted by molar-refractivity contribution is -0.138. The molecule has 0 bridgehead atoms. The van der Waals surface area contributed by atoms with Crippen molar-refractivity contribution in [2.75, 3.05) is 16.4 Å². The maximum atomic E-state index is 12.0. The quantitative estimate of drug-likeness (QED) is 0.616. The summed E-state index contributed by atoms with van der Waals surface area (Å²) in [5.74, 6) is -1.16. The van der Waals surface area contributed by atoms with Gasteiger partial charge in [0, 0.05) is 22.7 Å². The predicted octanol–water partition coefficient (Wildman–Crippen LogP) is 3.53. The van der Waals surface area contributed by atoms with Gasteiger partial charge in [0.1, 0.15) is 0 Å². The van der Waals surface area contributed by atoms with Crippen LogP contribution in [0.15, 0.2) is 53.4 Å². The number of carboxylic acids is 1. The van der Waals surface area contributed by atoms with Crippen molar-refractivity contribution in [2.45, 2.75) is 24.7 Å². The highest BCUT2D eigenvalue weighted by Gasteiger charge is 2.07. The van der Waals surface area contributed by atoms with Crippen LogP contribution in [0, 0.1) is 6.92 Å². The lowest BCUT2D eigenvalue weighted by Crippen LogP contribution is -2.14. The minimum atomic E-state index is -1.00. The fourth-order valence-electron chi connectivity index (χ4n) is 2.15. The first kappa shape index (κ1) is 19.5. The monoisotopic (exact) mass is 372 g/mol. The van der Waals surface area contributed by atoms with Crippen molar-refractivity contribution in [3.8, 4) is 0 Å². The Labute approximate surface area is 156 Å². The molecule has 7 heteroatoms. The molecule has 0 heterocycles. The molecule has 0 spiro atoms. The number of rotatable bonds is 8. The van der Waals surface area contributed by atoms with Gasteiger partial charge in [-0.3, -0.25) is 14.4 Å². The van der Waals surface area contributed by atoms with E-state index in [2.05, 4.69) is 10.6 Å². The number of aryl methyl sites for hydroxylation is 1. The van der Waals surface area contributed by atoms with Crippen molar-refractivity contribution in [3.05, 3.63) is 54.1 Å². The molecular weight excluding hydrogens is 352 g/mol. The highest BCUT2D eigenvalue weighted by Crippen LogP contribution is 2.21. The van der Waals surface area contributed by atoms with Crippen LogP contribution < -0.4 is 10.6 Å². The van der Waals surface area contributed by atoms with Gasteiger partial charge < -0.3 is 15.7 Å². The number of amides is 2. The largest absolute Gasteiger partial charge is 0.481 e. The number of aliphatic carboxylic acids is 1. The molecule has 2 rings (SSSR count). The molecule has 0 unspecified atom stereocenters. The van der Waals surface area contributed by atoms with E-state index in [1.807, 2.05) is 31.2 Å². The summed E-state index contributed by atoms with van der Waals surface area (Å²) in [7, 11) is 0. The molecule has 0 aromatic heterocycles. The number of thioether (sulfide) groups is 1. The second-order valence-corrected chi connectivity index (χ2v) is 6.72. The zero-order valence-corrected chi connectivity index (χ0v) is 15.1. The summed E-state index contributed by atoms with van der Waals surface area (Å²) in [6.45, 7) is 1.96. The highest BCUT2D eigenvalue weighted by molar-refractivity contribution is 8.00. The zero-order valence-electron chi connectivity index (χ0n) is 14.3. The van der Waals surface area contributed by atoms with Gasteiger partial charge in [0.15, 0.2) is 0 Å². The molecule has 0 aliphatic rings. The number of carbonyl (C=O) groups excluding carboxylic acids is 2. The molecule has 2 amide bonds. The summed E-state index contributed by atoms with van der Waals surface area (Å²) in [4.78, 5) is 34.9. The van der Waals surface area contributed by atoms with Gasteiger partial charge in [-0.1, -0.05) is 12.1 Å². The van der Waals surface area contributed by atoms with Crippen LogP contribution in [0.5, 0.6) is 0 Å². The third-order valence-corrected chi connectivity index (χ3v) is 4.39. The summed E-state index contributed by atoms with van der Waals surface area (Å²) < 4.78 is 0. The second kappa shape index (κ2) is 9.62. The van der Waals surface area contributed by atoms with Crippen LogP contribution in [0.4, 0.5) is 11.4 Å². The van der Waals surface area contributed by atoms with E-state index in [-0.39, 0.29) is 30.4 Å². The third kappa shape index (κ3) is 6.98. The molecular formula is C19H20N2O4S. The van der Waals surface area contributed by atoms with E-state index in [1.54, 1.807) is 24.3 Å². The van der Waals surface area contributed by atoms with E-state index >= 15 is 0 Å². The molecule has 0 aliphatic heterocycles. The van der Waals surface area contributed by atoms with Crippen molar-refractivity contribution in [2.24, 2.45) is 0 Å². The molecule has 3 N–H and O–H groups in total. The summed E-state index contributed by atoms with van der Waals surface area (Å²) in [6, 6.07) is 14.7. The van der Waals surface area contributed by atoms with Crippen molar-refractivity contribution in [1.82, 2.24) is 0 Å². The van der Waals surface area contributed by atoms with Crippen molar-refractivity contribution in [3.63, 3.8) is 0 Å². The molecule has 26 heavy (non-hydrogen) atoms. The Morgan fingerprint density at radius 2 is 1.62 bits per heavy atom. The first-order valence-electron chi connectivity index (χ1n) is 8.03. The summed E-state index contributed by atoms with van der Waals surface area (Å²) in [6.07, 6.45) is -0.263. The van der Waals surface area contributed by atoms with Gasteiger partial charge in [-0.15, -0.1) is 11.8 Å². The van der Waals surface area contributed by atoms with Gasteiger partial charge in [-0.25, -0.2) is 0 Å². The van der Waals surface area contributed by atoms with Gasteiger partial charge in [0.2, 0.25) is 11.8 Å². The average Bonchev–Trinajstić information content (AvgIpc) is 2.59. The SMILES string of the molecule is Cc1cccc(NC(=O)CSc2ccc(NC(=O)CCC(=O)O)cc2)c1. The molecule has 6 nitrogen and oxygen atoms in total. The molecule has 136 valence electrons. The molecule has 0 saturated carbocycles. The summed E-state index contributed by atoms with van der Waals surface area (Å²) >= 11 is 1.39. The number of carboxylic acid groups (broad SMARTS) is 1. The third-order valence-electron chi connectivity index (χ3n) is 3.38. The molecule has 0 saturated heterocycles. The Kier molecular flexibility index (Phi) is 7.23. The van der Waals surface area contributed by atoms with Gasteiger partial charge >= 0.3 is 5.97 Å². The summed E-state index contributed by atoms with van der Waals surface area (Å²) in [5.41, 5.74) is 2.44. The minimum absolute atomic E-state index is 0.0645. The number of nitrogens with one attached hydrogen (secondary N) is 2. The van der Waals surface area contributed by atoms with Gasteiger partial charge in [-0.2, -0.15) is 0 Å². The predicted molar refractivity (Wildman–Crippen MR) is 102 cm³/mol. The van der Waals surface area contributed by atoms with E-state index in [4.69, 9.17) is 5.11 Å². The van der Waals surface area contributed by atoms with Crippen LogP contribution in [0.3, 0.4) is 0 Å². The van der Waals surface area contributed by atoms with E-state index in [0.717, 1.165) is 16.1 Å². The van der Waals surface area contributed by atoms with Crippen molar-refractivity contribution >= 4 is 40.9 Å². The standard InChI is InChI=1S/C19H20N2O4S/c1-13-3-2-4-15(11-13)21-18(23)12-26-16-7-5-14(6-8-16)20-17(22)9-10-19(24)25/h2-8,11H,9-10,12H2,1H3,(H,20,22)(H,21,23)(H,24,25). The maximum Gasteiger partial charge on any atom is 0.303 e. The molecule has 0 radical (unpaired) electrons. The first-order chi connectivity index (χ1) is 12.4. The zero-order chi connectivity index (χ0) is 18.9. The topological polar surface area (TPSA) is 95.5 Å². The smallest absolute Gasteiger partial charge is 0.303 e. The van der Waals surface area contributed by atoms with Crippen LogP contribution in [0.25, 0.3) is 0 Å². The first-order valence-corrected chi connectivity index (χ1v) is 9.02. The maximum absolute atomic E-state index is 12.0. The highest BCUT2D eigenvalue weighted by atomic mass is 32.2. The fourth-order valence-corrected chi connectivity index (χ4v) is 2.85. The van der Waals surface area contributed by atoms with Crippen LogP contribution in [0.1, 0.15) is 18.4 Å². The minimum Gasteiger partial charge on any atom is -0.481 e. The molecule has 2 aromatic rings. The Bertz CT molecular complexity index is 790. The summed E-state index contributed by atoms with van der Waals surface area (Å²) in [5, 5.41) is 14.0. The fraction of sp³-hybridized carbons (Fsp3) is 0.211. The lowest BCUT2D eigenvalue weighted by atomic mass is 10.2. The van der Waals surface area contributed by atoms with E-state index in [1.165, 1.54) is 11.8 Å². The number of hydrogen-bond donors (Lipinski definition) is 3. The second-order valence-electron chi connectivity index (χ2n) is 5.67. The molecule has 0 atom stereocenters. The normalized spacial score (nSPS) is 10.2. The number of carbonyl (C=O) groups is 3. The van der Waals surface area contributed by atoms with Gasteiger partial charge in [-0.05, 0) is 48.9 Å². The van der Waals surface area contributed by atoms with E-state index in [0.29, 0.717) is 5.69 Å². The number of benzene rings is 2. The Morgan fingerprint density at radius 3 is 2.27 bits per heavy atom. The number of hydrogen-bond acceptors (Lipinski definition) is 4. The molecule has 0 aliphatic carbocycles. The van der Waals surface area contributed by atoms with Crippen molar-refractivity contribution in [1.29, 1.82) is 0 Å². The molecule has 0 fully saturated rings.